The van der Waals surface area contributed by atoms with Gasteiger partial charge in [-0.2, -0.15) is 0 Å². The average molecular weight is 103 g/mol. The highest BCUT2D eigenvalue weighted by atomic mass is 31.1. The number of hydrogen-bond acceptors (Lipinski definition) is 1. The van der Waals surface area contributed by atoms with Crippen LogP contribution in [0.25, 0.3) is 0 Å². The van der Waals surface area contributed by atoms with E-state index in [0.29, 0.717) is 0 Å². The molecule has 3 heteroatoms. The summed E-state index contributed by atoms with van der Waals surface area (Å²) in [6, 6.07) is 1.20. The lowest BCUT2D eigenvalue weighted by Gasteiger charge is -1.91. The van der Waals surface area contributed by atoms with Crippen LogP contribution in [0.15, 0.2) is 0 Å². The van der Waals surface area contributed by atoms with E-state index in [2.05, 4.69) is 14.1 Å². The number of rotatable bonds is 2. The van der Waals surface area contributed by atoms with Gasteiger partial charge in [0.2, 0.25) is 0 Å². The lowest BCUT2D eigenvalue weighted by Crippen LogP contribution is -1.93. The minimum absolute atomic E-state index is 0.341. The van der Waals surface area contributed by atoms with E-state index in [9.17, 15) is 0 Å². The molecule has 0 radical (unpaired) electrons. The van der Waals surface area contributed by atoms with E-state index >= 15 is 0 Å². The molecule has 0 bridgehead atoms. The maximum atomic E-state index is 5.27. The van der Waals surface area contributed by atoms with Crippen molar-refractivity contribution in [2.75, 3.05) is 12.3 Å². The summed E-state index contributed by atoms with van der Waals surface area (Å²) in [7, 11) is 1.79. The molecule has 0 amide bonds. The first-order valence-electron chi connectivity index (χ1n) is 2.18. The lowest BCUT2D eigenvalue weighted by atomic mass is 10.2. The second-order valence-corrected chi connectivity index (χ2v) is 3.92. The predicted octanol–water partition coefficient (Wildman–Crippen LogP) is -0.861. The monoisotopic (exact) mass is 103 g/mol. The molecule has 0 aliphatic carbocycles. The van der Waals surface area contributed by atoms with Crippen LogP contribution in [0.1, 0.15) is 0 Å². The van der Waals surface area contributed by atoms with Crippen molar-refractivity contribution < 1.29 is 0 Å². The van der Waals surface area contributed by atoms with Gasteiger partial charge in [0.15, 0.2) is 0 Å². The van der Waals surface area contributed by atoms with E-state index in [-0.39, 0.29) is 7.55 Å². The SMILES string of the molecule is BC[PH](=C)CN. The summed E-state index contributed by atoms with van der Waals surface area (Å²) in [4.78, 5) is 0. The Labute approximate surface area is 40.7 Å². The van der Waals surface area contributed by atoms with Crippen molar-refractivity contribution in [3.05, 3.63) is 0 Å². The van der Waals surface area contributed by atoms with E-state index in [4.69, 9.17) is 5.73 Å². The van der Waals surface area contributed by atoms with Crippen LogP contribution in [-0.4, -0.2) is 26.5 Å². The second kappa shape index (κ2) is 3.51. The minimum Gasteiger partial charge on any atom is -0.327 e. The first-order valence-corrected chi connectivity index (χ1v) is 4.30. The molecule has 1 nitrogen and oxygen atoms in total. The molecule has 36 valence electrons. The maximum absolute atomic E-state index is 5.27. The molecule has 0 saturated carbocycles. The Morgan fingerprint density at radius 1 is 1.83 bits per heavy atom. The van der Waals surface area contributed by atoms with Crippen molar-refractivity contribution in [3.8, 4) is 0 Å². The van der Waals surface area contributed by atoms with Gasteiger partial charge in [-0.1, -0.05) is 6.06 Å². The fraction of sp³-hybridized carbons (Fsp3) is 0.667. The molecule has 1 unspecified atom stereocenters. The summed E-state index contributed by atoms with van der Waals surface area (Å²) < 4.78 is 0. The Balaban J connectivity index is 2.99. The number of nitrogens with two attached hydrogens (primary N) is 1. The van der Waals surface area contributed by atoms with Crippen molar-refractivity contribution in [3.63, 3.8) is 0 Å². The normalized spacial score (nSPS) is 14.2. The molecule has 1 atom stereocenters. The zero-order chi connectivity index (χ0) is 4.99. The quantitative estimate of drug-likeness (QED) is 0.357. The lowest BCUT2D eigenvalue weighted by molar-refractivity contribution is 1.39. The largest absolute Gasteiger partial charge is 0.327 e. The zero-order valence-electron chi connectivity index (χ0n) is 4.20. The Morgan fingerprint density at radius 2 is 2.33 bits per heavy atom. The predicted molar refractivity (Wildman–Crippen MR) is 37.9 cm³/mol. The zero-order valence-corrected chi connectivity index (χ0v) is 5.20. The third-order valence-electron chi connectivity index (χ3n) is 0.789. The van der Waals surface area contributed by atoms with Gasteiger partial charge in [-0.3, -0.25) is 0 Å². The van der Waals surface area contributed by atoms with Gasteiger partial charge >= 0.3 is 0 Å². The van der Waals surface area contributed by atoms with E-state index in [1.165, 1.54) is 6.06 Å². The van der Waals surface area contributed by atoms with Crippen LogP contribution >= 0.6 is 7.55 Å². The van der Waals surface area contributed by atoms with Gasteiger partial charge in [0.05, 0.1) is 0 Å². The van der Waals surface area contributed by atoms with Crippen LogP contribution in [0, 0.1) is 0 Å². The van der Waals surface area contributed by atoms with Crippen molar-refractivity contribution in [1.29, 1.82) is 0 Å². The Morgan fingerprint density at radius 3 is 2.33 bits per heavy atom. The summed E-state index contributed by atoms with van der Waals surface area (Å²) >= 11 is 0. The third kappa shape index (κ3) is 2.56. The van der Waals surface area contributed by atoms with Gasteiger partial charge < -0.3 is 5.73 Å². The fourth-order valence-corrected chi connectivity index (χ4v) is 0.433. The molecule has 0 aliphatic heterocycles. The van der Waals surface area contributed by atoms with Gasteiger partial charge in [0.25, 0.3) is 0 Å². The molecule has 0 saturated heterocycles. The highest BCUT2D eigenvalue weighted by Gasteiger charge is 1.76. The van der Waals surface area contributed by atoms with Gasteiger partial charge in [0.1, 0.15) is 7.85 Å². The Hall–Kier alpha value is 0.325. The number of hydrogen-bond donors (Lipinski definition) is 1. The van der Waals surface area contributed by atoms with Crippen LogP contribution in [0.5, 0.6) is 0 Å². The Bertz CT molecular complexity index is 48.8. The van der Waals surface area contributed by atoms with E-state index in [1.54, 1.807) is 0 Å². The molecule has 0 fully saturated rings. The van der Waals surface area contributed by atoms with Crippen molar-refractivity contribution >= 4 is 21.7 Å². The molecule has 0 heterocycles. The van der Waals surface area contributed by atoms with Crippen LogP contribution in [0.3, 0.4) is 0 Å². The van der Waals surface area contributed by atoms with Crippen molar-refractivity contribution in [1.82, 2.24) is 0 Å². The maximum Gasteiger partial charge on any atom is 0.106 e. The summed E-state index contributed by atoms with van der Waals surface area (Å²) in [6.07, 6.45) is 4.67. The smallest absolute Gasteiger partial charge is 0.106 e. The molecular weight excluding hydrogens is 91.8 g/mol. The van der Waals surface area contributed by atoms with Crippen LogP contribution in [0.2, 0.25) is 0 Å². The van der Waals surface area contributed by atoms with Gasteiger partial charge in [-0.05, 0) is 0 Å². The van der Waals surface area contributed by atoms with Gasteiger partial charge in [-0.25, -0.2) is 0 Å². The molecular formula is C3H11BNP. The molecule has 0 aliphatic rings. The molecule has 2 N–H and O–H groups in total. The summed E-state index contributed by atoms with van der Waals surface area (Å²) in [5.74, 6) is 0. The van der Waals surface area contributed by atoms with Gasteiger partial charge in [0, 0.05) is 6.29 Å². The van der Waals surface area contributed by atoms with Crippen LogP contribution in [0.4, 0.5) is 0 Å². The summed E-state index contributed by atoms with van der Waals surface area (Å²) in [5, 5.41) is 0. The summed E-state index contributed by atoms with van der Waals surface area (Å²) in [5.41, 5.74) is 5.27. The minimum atomic E-state index is -0.341. The van der Waals surface area contributed by atoms with Crippen molar-refractivity contribution in [2.24, 2.45) is 5.73 Å². The fourth-order valence-electron chi connectivity index (χ4n) is 0.144. The second-order valence-electron chi connectivity index (χ2n) is 1.31. The molecule has 0 rings (SSSR count). The molecule has 6 heavy (non-hydrogen) atoms. The summed E-state index contributed by atoms with van der Waals surface area (Å²) in [6.45, 7) is 0. The first kappa shape index (κ1) is 6.32. The van der Waals surface area contributed by atoms with Crippen LogP contribution in [-0.2, 0) is 0 Å². The molecule has 0 aromatic carbocycles. The van der Waals surface area contributed by atoms with Crippen molar-refractivity contribution in [2.45, 2.75) is 0 Å². The van der Waals surface area contributed by atoms with Crippen LogP contribution < -0.4 is 5.73 Å². The highest BCUT2D eigenvalue weighted by molar-refractivity contribution is 7.57. The highest BCUT2D eigenvalue weighted by Crippen LogP contribution is 2.10. The van der Waals surface area contributed by atoms with Gasteiger partial charge in [-0.15, -0.1) is 13.8 Å². The topological polar surface area (TPSA) is 26.0 Å². The average Bonchev–Trinajstić information content (AvgIpc) is 1.65. The molecule has 0 aromatic heterocycles. The first-order chi connectivity index (χ1) is 2.81. The Kier molecular flexibility index (Phi) is 3.70. The van der Waals surface area contributed by atoms with E-state index in [1.807, 2.05) is 0 Å². The van der Waals surface area contributed by atoms with E-state index < -0.39 is 0 Å². The third-order valence-corrected chi connectivity index (χ3v) is 2.37. The molecule has 0 aromatic rings. The van der Waals surface area contributed by atoms with E-state index in [0.717, 1.165) is 6.29 Å². The standard InChI is InChI=1S/C3H11BNP/c1-6(2-4)3-5/h6H,1-5H2. The molecule has 0 spiro atoms.